The van der Waals surface area contributed by atoms with E-state index < -0.39 is 0 Å². The molecule has 5 rings (SSSR count). The monoisotopic (exact) mass is 262 g/mol. The summed E-state index contributed by atoms with van der Waals surface area (Å²) in [6.07, 6.45) is 8.99. The van der Waals surface area contributed by atoms with Crippen molar-refractivity contribution in [3.8, 4) is 0 Å². The molecule has 2 N–H and O–H groups in total. The maximum Gasteiger partial charge on any atom is 0.226 e. The van der Waals surface area contributed by atoms with Crippen LogP contribution in [0.5, 0.6) is 0 Å². The molecule has 0 spiro atoms. The van der Waals surface area contributed by atoms with Crippen LogP contribution in [0.2, 0.25) is 0 Å². The second-order valence-electron chi connectivity index (χ2n) is 7.64. The third kappa shape index (κ3) is 2.01. The van der Waals surface area contributed by atoms with Crippen LogP contribution in [0.25, 0.3) is 0 Å². The largest absolute Gasteiger partial charge is 0.341 e. The summed E-state index contributed by atoms with van der Waals surface area (Å²) in [7, 11) is 0. The number of hydrogen-bond acceptors (Lipinski definition) is 2. The number of carbonyl (C=O) groups excluding carboxylic acids is 1. The predicted octanol–water partition coefficient (Wildman–Crippen LogP) is 2.01. The lowest BCUT2D eigenvalue weighted by Gasteiger charge is -2.54. The van der Waals surface area contributed by atoms with E-state index in [2.05, 4.69) is 4.90 Å². The fraction of sp³-hybridized carbons (Fsp3) is 0.938. The summed E-state index contributed by atoms with van der Waals surface area (Å²) < 4.78 is 0. The van der Waals surface area contributed by atoms with Crippen LogP contribution in [0.15, 0.2) is 0 Å². The summed E-state index contributed by atoms with van der Waals surface area (Å²) in [6, 6.07) is 0.217. The van der Waals surface area contributed by atoms with Gasteiger partial charge >= 0.3 is 0 Å². The number of rotatable bonds is 1. The van der Waals surface area contributed by atoms with Gasteiger partial charge in [-0.1, -0.05) is 0 Å². The molecule has 106 valence electrons. The topological polar surface area (TPSA) is 46.3 Å². The van der Waals surface area contributed by atoms with E-state index in [4.69, 9.17) is 5.73 Å². The molecule has 0 aromatic heterocycles. The first-order valence-electron chi connectivity index (χ1n) is 8.25. The van der Waals surface area contributed by atoms with Gasteiger partial charge in [0.25, 0.3) is 0 Å². The molecule has 4 bridgehead atoms. The zero-order valence-electron chi connectivity index (χ0n) is 11.8. The number of piperidine rings is 1. The van der Waals surface area contributed by atoms with Gasteiger partial charge in [0.05, 0.1) is 0 Å². The van der Waals surface area contributed by atoms with Crippen LogP contribution in [-0.2, 0) is 4.79 Å². The summed E-state index contributed by atoms with van der Waals surface area (Å²) in [6.45, 7) is 1.76. The van der Waals surface area contributed by atoms with E-state index in [0.29, 0.717) is 23.7 Å². The quantitative estimate of drug-likeness (QED) is 0.785. The molecule has 0 aromatic carbocycles. The minimum atomic E-state index is 0.217. The van der Waals surface area contributed by atoms with E-state index in [-0.39, 0.29) is 6.04 Å². The Morgan fingerprint density at radius 2 is 1.63 bits per heavy atom. The van der Waals surface area contributed by atoms with E-state index in [0.717, 1.165) is 37.8 Å². The van der Waals surface area contributed by atoms with Gasteiger partial charge in [0.2, 0.25) is 5.91 Å². The summed E-state index contributed by atoms with van der Waals surface area (Å²) in [5, 5.41) is 0. The molecule has 0 unspecified atom stereocenters. The summed E-state index contributed by atoms with van der Waals surface area (Å²) in [5.74, 6) is 4.15. The number of amides is 1. The average Bonchev–Trinajstić information content (AvgIpc) is 2.37. The van der Waals surface area contributed by atoms with Crippen molar-refractivity contribution in [3.05, 3.63) is 0 Å². The van der Waals surface area contributed by atoms with Crippen molar-refractivity contribution in [2.24, 2.45) is 35.3 Å². The van der Waals surface area contributed by atoms with E-state index in [1.165, 1.54) is 32.1 Å². The van der Waals surface area contributed by atoms with Gasteiger partial charge in [0.1, 0.15) is 0 Å². The standard InChI is InChI=1S/C16H26N2O/c17-14-2-1-3-18(9-14)16(19)15-12-5-10-4-11(7-12)8-13(15)6-10/h10-15H,1-9,17H2/t10?,11?,12?,13?,14-,15?/m1/s1. The number of nitrogens with zero attached hydrogens (tertiary/aromatic N) is 1. The number of likely N-dealkylation sites (tertiary alicyclic amines) is 1. The molecule has 1 aliphatic heterocycles. The van der Waals surface area contributed by atoms with Crippen LogP contribution in [0.4, 0.5) is 0 Å². The Hall–Kier alpha value is -0.570. The molecule has 0 radical (unpaired) electrons. The Morgan fingerprint density at radius 3 is 2.21 bits per heavy atom. The Morgan fingerprint density at radius 1 is 1.00 bits per heavy atom. The molecule has 3 heteroatoms. The van der Waals surface area contributed by atoms with Gasteiger partial charge in [-0.25, -0.2) is 0 Å². The van der Waals surface area contributed by atoms with Gasteiger partial charge < -0.3 is 10.6 Å². The summed E-state index contributed by atoms with van der Waals surface area (Å²) >= 11 is 0. The average molecular weight is 262 g/mol. The summed E-state index contributed by atoms with van der Waals surface area (Å²) in [5.41, 5.74) is 6.04. The van der Waals surface area contributed by atoms with Gasteiger partial charge in [-0.3, -0.25) is 4.79 Å². The second-order valence-corrected chi connectivity index (χ2v) is 7.64. The molecule has 5 fully saturated rings. The molecular weight excluding hydrogens is 236 g/mol. The molecule has 1 saturated heterocycles. The molecule has 4 aliphatic carbocycles. The Bertz CT molecular complexity index is 353. The van der Waals surface area contributed by atoms with E-state index >= 15 is 0 Å². The first kappa shape index (κ1) is 12.2. The molecular formula is C16H26N2O. The summed E-state index contributed by atoms with van der Waals surface area (Å²) in [4.78, 5) is 15.0. The van der Waals surface area contributed by atoms with Crippen LogP contribution < -0.4 is 5.73 Å². The van der Waals surface area contributed by atoms with Gasteiger partial charge in [-0.2, -0.15) is 0 Å². The zero-order valence-corrected chi connectivity index (χ0v) is 11.8. The van der Waals surface area contributed by atoms with Gasteiger partial charge in [-0.05, 0) is 68.6 Å². The van der Waals surface area contributed by atoms with Crippen molar-refractivity contribution in [2.45, 2.75) is 51.0 Å². The minimum absolute atomic E-state index is 0.217. The lowest BCUT2D eigenvalue weighted by atomic mass is 9.51. The van der Waals surface area contributed by atoms with Gasteiger partial charge in [0.15, 0.2) is 0 Å². The van der Waals surface area contributed by atoms with Crippen LogP contribution >= 0.6 is 0 Å². The smallest absolute Gasteiger partial charge is 0.226 e. The Labute approximate surface area is 115 Å². The van der Waals surface area contributed by atoms with Crippen molar-refractivity contribution < 1.29 is 4.79 Å². The molecule has 3 nitrogen and oxygen atoms in total. The van der Waals surface area contributed by atoms with E-state index in [1.807, 2.05) is 0 Å². The fourth-order valence-electron chi connectivity index (χ4n) is 5.75. The lowest BCUT2D eigenvalue weighted by Crippen LogP contribution is -2.54. The zero-order chi connectivity index (χ0) is 13.0. The number of nitrogens with two attached hydrogens (primary N) is 1. The molecule has 5 aliphatic rings. The molecule has 1 amide bonds. The highest BCUT2D eigenvalue weighted by atomic mass is 16.2. The Kier molecular flexibility index (Phi) is 2.87. The highest BCUT2D eigenvalue weighted by Crippen LogP contribution is 2.56. The van der Waals surface area contributed by atoms with Crippen molar-refractivity contribution >= 4 is 5.91 Å². The molecule has 4 saturated carbocycles. The predicted molar refractivity (Wildman–Crippen MR) is 74.3 cm³/mol. The van der Waals surface area contributed by atoms with Crippen LogP contribution in [-0.4, -0.2) is 29.9 Å². The fourth-order valence-corrected chi connectivity index (χ4v) is 5.75. The van der Waals surface area contributed by atoms with Crippen LogP contribution in [0.1, 0.15) is 44.9 Å². The minimum Gasteiger partial charge on any atom is -0.341 e. The molecule has 1 heterocycles. The highest BCUT2D eigenvalue weighted by molar-refractivity contribution is 5.80. The van der Waals surface area contributed by atoms with Crippen LogP contribution in [0, 0.1) is 29.6 Å². The third-order valence-electron chi connectivity index (χ3n) is 6.28. The van der Waals surface area contributed by atoms with Gasteiger partial charge in [0, 0.05) is 25.0 Å². The van der Waals surface area contributed by atoms with E-state index in [9.17, 15) is 4.79 Å². The first-order chi connectivity index (χ1) is 9.20. The Balaban J connectivity index is 1.51. The molecule has 1 atom stereocenters. The van der Waals surface area contributed by atoms with Crippen molar-refractivity contribution in [1.82, 2.24) is 4.90 Å². The molecule has 0 aromatic rings. The number of hydrogen-bond donors (Lipinski definition) is 1. The van der Waals surface area contributed by atoms with Crippen molar-refractivity contribution in [2.75, 3.05) is 13.1 Å². The lowest BCUT2D eigenvalue weighted by molar-refractivity contribution is -0.150. The van der Waals surface area contributed by atoms with Crippen molar-refractivity contribution in [3.63, 3.8) is 0 Å². The SMILES string of the molecule is N[C@@H]1CCCN(C(=O)C2C3CC4CC(C3)CC2C4)C1. The maximum absolute atomic E-state index is 12.9. The number of carbonyl (C=O) groups is 1. The maximum atomic E-state index is 12.9. The highest BCUT2D eigenvalue weighted by Gasteiger charge is 2.51. The normalized spacial score (nSPS) is 48.6. The first-order valence-corrected chi connectivity index (χ1v) is 8.25. The van der Waals surface area contributed by atoms with E-state index in [1.54, 1.807) is 0 Å². The third-order valence-corrected chi connectivity index (χ3v) is 6.28. The molecule has 19 heavy (non-hydrogen) atoms. The second kappa shape index (κ2) is 4.47. The van der Waals surface area contributed by atoms with Crippen molar-refractivity contribution in [1.29, 1.82) is 0 Å². The van der Waals surface area contributed by atoms with Crippen LogP contribution in [0.3, 0.4) is 0 Å². The van der Waals surface area contributed by atoms with Gasteiger partial charge in [-0.15, -0.1) is 0 Å².